The Bertz CT molecular complexity index is 2050. The molecule has 8 amide bonds. The lowest BCUT2D eigenvalue weighted by atomic mass is 9.91. The molecular formula is C50H81N9O15. The number of carbonyl (C=O) groups is 8. The van der Waals surface area contributed by atoms with Crippen molar-refractivity contribution in [3.63, 3.8) is 0 Å². The first kappa shape index (κ1) is 61.1. The number of benzene rings is 1. The van der Waals surface area contributed by atoms with E-state index in [0.717, 1.165) is 54.7 Å². The number of nitrogens with two attached hydrogens (primary N) is 1. The lowest BCUT2D eigenvalue weighted by molar-refractivity contribution is -0.147. The maximum absolute atomic E-state index is 14.4. The number of hydrazine groups is 1. The molecule has 416 valence electrons. The van der Waals surface area contributed by atoms with Crippen LogP contribution in [0.25, 0.3) is 0 Å². The zero-order chi connectivity index (χ0) is 54.8. The van der Waals surface area contributed by atoms with Crippen molar-refractivity contribution in [3.8, 4) is 5.75 Å². The largest absolute Gasteiger partial charge is 0.508 e. The number of β-amino-alcohol motifs (C(OH)–C–C–N with tert-alkyl or cyclic N) is 1. The number of hydrogen-bond acceptors (Lipinski definition) is 16. The molecular weight excluding hydrogens is 967 g/mol. The Hall–Kier alpha value is -5.50. The summed E-state index contributed by atoms with van der Waals surface area (Å²) in [6, 6.07) is -5.47. The smallest absolute Gasteiger partial charge is 0.248 e. The molecule has 0 radical (unpaired) electrons. The van der Waals surface area contributed by atoms with Gasteiger partial charge in [-0.3, -0.25) is 43.8 Å². The van der Waals surface area contributed by atoms with Crippen molar-refractivity contribution in [3.05, 3.63) is 29.8 Å². The van der Waals surface area contributed by atoms with Gasteiger partial charge < -0.3 is 72.1 Å². The molecule has 1 aromatic carbocycles. The van der Waals surface area contributed by atoms with Gasteiger partial charge in [0.15, 0.2) is 0 Å². The van der Waals surface area contributed by atoms with Crippen LogP contribution in [0.1, 0.15) is 123 Å². The predicted molar refractivity (Wildman–Crippen MR) is 266 cm³/mol. The summed E-state index contributed by atoms with van der Waals surface area (Å²) in [7, 11) is 0. The number of aromatic hydroxyl groups is 1. The lowest BCUT2D eigenvalue weighted by Gasteiger charge is -2.34. The number of rotatable bonds is 20. The summed E-state index contributed by atoms with van der Waals surface area (Å²) >= 11 is 0. The van der Waals surface area contributed by atoms with Gasteiger partial charge in [0, 0.05) is 45.3 Å². The highest BCUT2D eigenvalue weighted by atomic mass is 16.3. The van der Waals surface area contributed by atoms with Crippen LogP contribution in [0.3, 0.4) is 0 Å². The monoisotopic (exact) mass is 1050 g/mol. The molecule has 3 aliphatic heterocycles. The Labute approximate surface area is 431 Å². The van der Waals surface area contributed by atoms with Crippen LogP contribution >= 0.6 is 0 Å². The first-order valence-corrected chi connectivity index (χ1v) is 26.0. The second kappa shape index (κ2) is 29.6. The van der Waals surface area contributed by atoms with Crippen molar-refractivity contribution < 1.29 is 74.1 Å². The molecule has 4 rings (SSSR count). The highest BCUT2D eigenvalue weighted by Gasteiger charge is 2.48. The van der Waals surface area contributed by atoms with Crippen LogP contribution < -0.4 is 37.9 Å². The van der Waals surface area contributed by atoms with Gasteiger partial charge in [0.1, 0.15) is 42.0 Å². The van der Waals surface area contributed by atoms with Gasteiger partial charge in [-0.1, -0.05) is 77.8 Å². The first-order chi connectivity index (χ1) is 35.0. The van der Waals surface area contributed by atoms with Crippen LogP contribution in [0.2, 0.25) is 0 Å². The fourth-order valence-electron chi connectivity index (χ4n) is 9.79. The molecule has 24 heteroatoms. The number of nitrogens with zero attached hydrogens (tertiary/aromatic N) is 2. The molecule has 1 aromatic rings. The zero-order valence-corrected chi connectivity index (χ0v) is 43.0. The number of aliphatic hydroxyl groups is 6. The van der Waals surface area contributed by atoms with Crippen molar-refractivity contribution >= 4 is 47.3 Å². The maximum atomic E-state index is 14.4. The van der Waals surface area contributed by atoms with Crippen LogP contribution in [-0.2, 0) is 44.8 Å². The topological polar surface area (TPSA) is 383 Å². The molecule has 3 saturated heterocycles. The van der Waals surface area contributed by atoms with E-state index in [1.165, 1.54) is 37.6 Å². The second-order valence-electron chi connectivity index (χ2n) is 20.5. The third-order valence-electron chi connectivity index (χ3n) is 14.2. The van der Waals surface area contributed by atoms with E-state index in [4.69, 9.17) is 5.84 Å². The average molecular weight is 1050 g/mol. The van der Waals surface area contributed by atoms with Crippen molar-refractivity contribution in [2.45, 2.75) is 197 Å². The van der Waals surface area contributed by atoms with Crippen LogP contribution in [0, 0.1) is 11.8 Å². The standard InChI is InChI=1S/C50H81N9O15/c1-5-27(2)20-28(3)12-10-8-6-7-9-11-13-39(67)53-34-22-32(62)25-52-48(72)44-36(64)18-19-58(44)50(74)43(38(66)24-40(68)57-51)56-47(71)42(37(65)21-30-14-16-31(61)17-15-30)55-46(70)35-23-33(63)26-59(35)49(73)41(29(4)60)54-45(34)69/h14-17,27-29,32-38,41-44,60-66H,5-13,18-26,51H2,1-4H3,(H,52,72)(H,53,67)(H,54,69)(H,55,70)(H,56,71)(H,57,68)/t27?,28?,29-,32-,33-,34+,35+,36+,37-,38-,41+,42+,43+,44+/m1/s1. The van der Waals surface area contributed by atoms with E-state index in [2.05, 4.69) is 47.4 Å². The highest BCUT2D eigenvalue weighted by molar-refractivity contribution is 5.98. The summed E-state index contributed by atoms with van der Waals surface area (Å²) in [6.07, 6.45) is -3.77. The summed E-state index contributed by atoms with van der Waals surface area (Å²) in [4.78, 5) is 113. The highest BCUT2D eigenvalue weighted by Crippen LogP contribution is 2.25. The van der Waals surface area contributed by atoms with Crippen molar-refractivity contribution in [2.75, 3.05) is 19.6 Å². The summed E-state index contributed by atoms with van der Waals surface area (Å²) < 4.78 is 0. The quantitative estimate of drug-likeness (QED) is 0.0275. The first-order valence-electron chi connectivity index (χ1n) is 26.0. The van der Waals surface area contributed by atoms with E-state index in [-0.39, 0.29) is 31.6 Å². The van der Waals surface area contributed by atoms with E-state index >= 15 is 0 Å². The van der Waals surface area contributed by atoms with Crippen molar-refractivity contribution in [1.29, 1.82) is 0 Å². The molecule has 2 unspecified atom stereocenters. The molecule has 0 bridgehead atoms. The van der Waals surface area contributed by atoms with Crippen LogP contribution in [-0.4, -0.2) is 185 Å². The van der Waals surface area contributed by atoms with Gasteiger partial charge in [0.05, 0.1) is 43.0 Å². The number of aliphatic hydroxyl groups excluding tert-OH is 6. The SMILES string of the molecule is CCC(C)CC(C)CCCCCCCCC(=O)N[C@H]1C[C@@H](O)CNC(=O)[C@@H]2[C@@H](O)CCN2C(=O)[C@H]([C@H](O)CC(=O)NN)NC(=O)[C@H]([C@H](O)Cc2ccc(O)cc2)NC(=O)[C@@H]2C[C@@H](O)CN2C(=O)[C@H]([C@@H](C)O)NC1=O. The minimum absolute atomic E-state index is 0.00177. The lowest BCUT2D eigenvalue weighted by Crippen LogP contribution is -2.64. The molecule has 0 spiro atoms. The molecule has 14 atom stereocenters. The molecule has 0 saturated carbocycles. The van der Waals surface area contributed by atoms with Gasteiger partial charge in [-0.15, -0.1) is 0 Å². The van der Waals surface area contributed by atoms with E-state index in [0.29, 0.717) is 23.8 Å². The van der Waals surface area contributed by atoms with E-state index < -0.39 is 152 Å². The van der Waals surface area contributed by atoms with E-state index in [9.17, 15) is 74.1 Å². The summed E-state index contributed by atoms with van der Waals surface area (Å²) in [5.74, 6) is -1.88. The van der Waals surface area contributed by atoms with E-state index in [1.807, 2.05) is 0 Å². The number of fused-ring (bicyclic) bond motifs is 2. The van der Waals surface area contributed by atoms with Crippen LogP contribution in [0.4, 0.5) is 0 Å². The summed E-state index contributed by atoms with van der Waals surface area (Å²) in [5, 5.41) is 89.0. The molecule has 3 heterocycles. The van der Waals surface area contributed by atoms with Gasteiger partial charge >= 0.3 is 0 Å². The normalized spacial score (nSPS) is 27.7. The third kappa shape index (κ3) is 18.1. The molecule has 0 aliphatic carbocycles. The van der Waals surface area contributed by atoms with Crippen LogP contribution in [0.15, 0.2) is 24.3 Å². The number of amides is 8. The number of nitrogens with one attached hydrogen (secondary N) is 6. The fourth-order valence-corrected chi connectivity index (χ4v) is 9.79. The minimum Gasteiger partial charge on any atom is -0.508 e. The Balaban J connectivity index is 1.66. The Morgan fingerprint density at radius 1 is 0.730 bits per heavy atom. The fraction of sp³-hybridized carbons (Fsp3) is 0.720. The number of hydrogen-bond donors (Lipinski definition) is 14. The van der Waals surface area contributed by atoms with Gasteiger partial charge in [0.2, 0.25) is 47.3 Å². The molecule has 0 aromatic heterocycles. The minimum atomic E-state index is -2.11. The molecule has 24 nitrogen and oxygen atoms in total. The Morgan fingerprint density at radius 3 is 2.00 bits per heavy atom. The zero-order valence-electron chi connectivity index (χ0n) is 43.0. The molecule has 74 heavy (non-hydrogen) atoms. The Kier molecular flexibility index (Phi) is 24.4. The van der Waals surface area contributed by atoms with Crippen LogP contribution in [0.5, 0.6) is 5.75 Å². The van der Waals surface area contributed by atoms with Crippen molar-refractivity contribution in [2.24, 2.45) is 17.7 Å². The summed E-state index contributed by atoms with van der Waals surface area (Å²) in [5.41, 5.74) is 2.14. The maximum Gasteiger partial charge on any atom is 0.248 e. The van der Waals surface area contributed by atoms with E-state index in [1.54, 1.807) is 5.43 Å². The number of unbranched alkanes of at least 4 members (excludes halogenated alkanes) is 5. The molecule has 3 fully saturated rings. The number of carbonyl (C=O) groups excluding carboxylic acids is 8. The van der Waals surface area contributed by atoms with Gasteiger partial charge in [-0.05, 0) is 55.7 Å². The molecule has 3 aliphatic rings. The second-order valence-corrected chi connectivity index (χ2v) is 20.5. The number of phenolic OH excluding ortho intramolecular Hbond substituents is 1. The van der Waals surface area contributed by atoms with Gasteiger partial charge in [-0.25, -0.2) is 5.84 Å². The average Bonchev–Trinajstić information content (AvgIpc) is 3.95. The molecule has 15 N–H and O–H groups in total. The third-order valence-corrected chi connectivity index (χ3v) is 14.2. The number of phenols is 1. The predicted octanol–water partition coefficient (Wildman–Crippen LogP) is -2.65. The summed E-state index contributed by atoms with van der Waals surface area (Å²) in [6.45, 7) is 6.47. The Morgan fingerprint density at radius 2 is 1.35 bits per heavy atom. The van der Waals surface area contributed by atoms with Gasteiger partial charge in [-0.2, -0.15) is 0 Å². The van der Waals surface area contributed by atoms with Gasteiger partial charge in [0.25, 0.3) is 0 Å². The van der Waals surface area contributed by atoms with Crippen molar-refractivity contribution in [1.82, 2.24) is 41.8 Å².